The van der Waals surface area contributed by atoms with E-state index in [4.69, 9.17) is 23.2 Å². The predicted molar refractivity (Wildman–Crippen MR) is 56.2 cm³/mol. The van der Waals surface area contributed by atoms with Crippen molar-refractivity contribution < 1.29 is 5.11 Å². The lowest BCUT2D eigenvalue weighted by molar-refractivity contribution is 0.123. The number of rotatable bonds is 1. The van der Waals surface area contributed by atoms with E-state index in [1.165, 1.54) is 6.20 Å². The third kappa shape index (κ3) is 2.83. The first-order valence-electron chi connectivity index (χ1n) is 3.92. The molecule has 0 unspecified atom stereocenters. The van der Waals surface area contributed by atoms with Gasteiger partial charge in [0.25, 0.3) is 0 Å². The van der Waals surface area contributed by atoms with Crippen LogP contribution in [0.1, 0.15) is 20.3 Å². The van der Waals surface area contributed by atoms with Crippen LogP contribution in [-0.2, 0) is 0 Å². The van der Waals surface area contributed by atoms with Crippen LogP contribution in [0.3, 0.4) is 0 Å². The van der Waals surface area contributed by atoms with Gasteiger partial charge in [-0.05, 0) is 13.8 Å². The Kier molecular flexibility index (Phi) is 3.17. The van der Waals surface area contributed by atoms with Crippen LogP contribution in [0.5, 0.6) is 0 Å². The molecule has 72 valence electrons. The molecule has 0 aromatic carbocycles. The second-order valence-electron chi connectivity index (χ2n) is 3.36. The molecule has 1 aliphatic heterocycles. The molecule has 0 bridgehead atoms. The Hall–Kier alpha value is -0.310. The van der Waals surface area contributed by atoms with Crippen LogP contribution in [-0.4, -0.2) is 15.9 Å². The summed E-state index contributed by atoms with van der Waals surface area (Å²) in [5, 5.41) is 10.7. The van der Waals surface area contributed by atoms with Crippen LogP contribution in [0.25, 0.3) is 0 Å². The number of halogens is 2. The van der Waals surface area contributed by atoms with Gasteiger partial charge >= 0.3 is 0 Å². The van der Waals surface area contributed by atoms with Crippen LogP contribution >= 0.6 is 23.2 Å². The van der Waals surface area contributed by atoms with Crippen LogP contribution in [0.4, 0.5) is 0 Å². The van der Waals surface area contributed by atoms with Gasteiger partial charge in [-0.15, -0.1) is 0 Å². The Morgan fingerprint density at radius 2 is 2.08 bits per heavy atom. The second-order valence-corrected chi connectivity index (χ2v) is 4.21. The number of aliphatic hydroxyl groups is 1. The summed E-state index contributed by atoms with van der Waals surface area (Å²) in [6.45, 7) is 3.31. The van der Waals surface area contributed by atoms with Gasteiger partial charge in [0, 0.05) is 23.2 Å². The molecule has 1 rings (SSSR count). The maximum atomic E-state index is 9.72. The van der Waals surface area contributed by atoms with Crippen molar-refractivity contribution in [2.45, 2.75) is 25.9 Å². The fraction of sp³-hybridized carbons (Fsp3) is 0.444. The lowest BCUT2D eigenvalue weighted by Gasteiger charge is -2.19. The van der Waals surface area contributed by atoms with Crippen molar-refractivity contribution in [3.63, 3.8) is 0 Å². The normalized spacial score (nSPS) is 18.7. The van der Waals surface area contributed by atoms with E-state index in [0.717, 1.165) is 0 Å². The van der Waals surface area contributed by atoms with Gasteiger partial charge in [-0.2, -0.15) is 0 Å². The van der Waals surface area contributed by atoms with Crippen molar-refractivity contribution in [2.75, 3.05) is 0 Å². The van der Waals surface area contributed by atoms with Crippen molar-refractivity contribution in [1.82, 2.24) is 0 Å². The zero-order chi connectivity index (χ0) is 10.1. The van der Waals surface area contributed by atoms with Crippen LogP contribution < -0.4 is 0 Å². The molecular formula is C9H11Cl2NO. The largest absolute Gasteiger partial charge is 0.386 e. The van der Waals surface area contributed by atoms with Crippen LogP contribution in [0.15, 0.2) is 27.9 Å². The number of allylic oxidation sites excluding steroid dienone is 1. The predicted octanol–water partition coefficient (Wildman–Crippen LogP) is 2.80. The molecule has 0 saturated carbocycles. The topological polar surface area (TPSA) is 32.6 Å². The van der Waals surface area contributed by atoms with Crippen LogP contribution in [0, 0.1) is 0 Å². The minimum absolute atomic E-state index is 0.470. The highest BCUT2D eigenvalue weighted by Crippen LogP contribution is 2.28. The van der Waals surface area contributed by atoms with Crippen molar-refractivity contribution in [3.05, 3.63) is 22.9 Å². The van der Waals surface area contributed by atoms with Gasteiger partial charge in [-0.25, -0.2) is 4.99 Å². The zero-order valence-corrected chi connectivity index (χ0v) is 9.02. The Bertz CT molecular complexity index is 297. The molecule has 4 heteroatoms. The van der Waals surface area contributed by atoms with E-state index in [-0.39, 0.29) is 0 Å². The van der Waals surface area contributed by atoms with Gasteiger partial charge < -0.3 is 5.11 Å². The molecule has 2 nitrogen and oxygen atoms in total. The molecule has 0 aromatic heterocycles. The summed E-state index contributed by atoms with van der Waals surface area (Å²) >= 11 is 11.7. The third-order valence-corrected chi connectivity index (χ3v) is 2.31. The first-order chi connectivity index (χ1) is 5.91. The first kappa shape index (κ1) is 10.8. The standard InChI is InChI=1S/C9H11Cl2NO/c1-9(2,13)6-5-12-8(11)4-3-7(6)10/h3,5,13H,4H2,1-2H3. The SMILES string of the molecule is CC(C)(O)C1=CN=C(Cl)CC=C1Cl. The van der Waals surface area contributed by atoms with Gasteiger partial charge in [0.1, 0.15) is 5.17 Å². The smallest absolute Gasteiger partial charge is 0.110 e. The molecule has 1 aliphatic rings. The molecule has 0 amide bonds. The van der Waals surface area contributed by atoms with Gasteiger partial charge in [0.15, 0.2) is 0 Å². The van der Waals surface area contributed by atoms with Crippen molar-refractivity contribution in [1.29, 1.82) is 0 Å². The molecule has 0 aromatic rings. The van der Waals surface area contributed by atoms with E-state index in [9.17, 15) is 5.11 Å². The molecule has 0 aliphatic carbocycles. The zero-order valence-electron chi connectivity index (χ0n) is 7.51. The van der Waals surface area contributed by atoms with E-state index in [0.29, 0.717) is 22.2 Å². The molecule has 0 atom stereocenters. The molecule has 0 fully saturated rings. The van der Waals surface area contributed by atoms with E-state index in [1.807, 2.05) is 0 Å². The summed E-state index contributed by atoms with van der Waals surface area (Å²) in [6.07, 6.45) is 3.76. The molecular weight excluding hydrogens is 209 g/mol. The molecule has 1 N–H and O–H groups in total. The summed E-state index contributed by atoms with van der Waals surface area (Å²) < 4.78 is 0. The maximum Gasteiger partial charge on any atom is 0.110 e. The number of nitrogens with zero attached hydrogens (tertiary/aromatic N) is 1. The molecule has 13 heavy (non-hydrogen) atoms. The number of hydrogen-bond donors (Lipinski definition) is 1. The number of hydrogen-bond acceptors (Lipinski definition) is 2. The fourth-order valence-electron chi connectivity index (χ4n) is 0.983. The van der Waals surface area contributed by atoms with Crippen molar-refractivity contribution in [2.24, 2.45) is 4.99 Å². The van der Waals surface area contributed by atoms with E-state index < -0.39 is 5.60 Å². The van der Waals surface area contributed by atoms with Gasteiger partial charge in [0.05, 0.1) is 5.60 Å². The highest BCUT2D eigenvalue weighted by Gasteiger charge is 2.22. The van der Waals surface area contributed by atoms with Crippen molar-refractivity contribution in [3.8, 4) is 0 Å². The first-order valence-corrected chi connectivity index (χ1v) is 4.68. The summed E-state index contributed by atoms with van der Waals surface area (Å²) in [5.74, 6) is 0. The quantitative estimate of drug-likeness (QED) is 0.723. The highest BCUT2D eigenvalue weighted by molar-refractivity contribution is 6.65. The Morgan fingerprint density at radius 3 is 2.62 bits per heavy atom. The minimum atomic E-state index is -0.988. The summed E-state index contributed by atoms with van der Waals surface area (Å²) in [4.78, 5) is 3.95. The summed E-state index contributed by atoms with van der Waals surface area (Å²) in [6, 6.07) is 0. The molecule has 1 heterocycles. The molecule has 0 saturated heterocycles. The van der Waals surface area contributed by atoms with Gasteiger partial charge in [0.2, 0.25) is 0 Å². The van der Waals surface area contributed by atoms with E-state index >= 15 is 0 Å². The van der Waals surface area contributed by atoms with E-state index in [1.54, 1.807) is 19.9 Å². The molecule has 0 spiro atoms. The fourth-order valence-corrected chi connectivity index (χ4v) is 1.47. The minimum Gasteiger partial charge on any atom is -0.386 e. The summed E-state index contributed by atoms with van der Waals surface area (Å²) in [5.41, 5.74) is -0.400. The third-order valence-electron chi connectivity index (χ3n) is 1.70. The summed E-state index contributed by atoms with van der Waals surface area (Å²) in [7, 11) is 0. The average molecular weight is 220 g/mol. The van der Waals surface area contributed by atoms with E-state index in [2.05, 4.69) is 4.99 Å². The lowest BCUT2D eigenvalue weighted by atomic mass is 9.98. The van der Waals surface area contributed by atoms with Gasteiger partial charge in [-0.3, -0.25) is 0 Å². The molecule has 0 radical (unpaired) electrons. The van der Waals surface area contributed by atoms with Crippen molar-refractivity contribution >= 4 is 28.4 Å². The average Bonchev–Trinajstić information content (AvgIpc) is 2.12. The Labute approximate surface area is 87.6 Å². The number of aliphatic imine (C=N–C) groups is 1. The lowest BCUT2D eigenvalue weighted by Crippen LogP contribution is -2.21. The monoisotopic (exact) mass is 219 g/mol. The van der Waals surface area contributed by atoms with Gasteiger partial charge in [-0.1, -0.05) is 29.3 Å². The Balaban J connectivity index is 3.07. The highest BCUT2D eigenvalue weighted by atomic mass is 35.5. The van der Waals surface area contributed by atoms with Crippen LogP contribution in [0.2, 0.25) is 0 Å². The Morgan fingerprint density at radius 1 is 1.46 bits per heavy atom. The second kappa shape index (κ2) is 3.82. The maximum absolute atomic E-state index is 9.72.